The Labute approximate surface area is 101 Å². The number of hydrogen-bond acceptors (Lipinski definition) is 5. The molecule has 1 aliphatic heterocycles. The van der Waals surface area contributed by atoms with Gasteiger partial charge >= 0.3 is 5.96 Å². The second-order valence-corrected chi connectivity index (χ2v) is 3.25. The van der Waals surface area contributed by atoms with E-state index in [1.54, 1.807) is 23.6 Å². The van der Waals surface area contributed by atoms with Crippen LogP contribution in [0.15, 0.2) is 23.3 Å². The molecule has 0 aliphatic carbocycles. The van der Waals surface area contributed by atoms with Gasteiger partial charge in [-0.3, -0.25) is 0 Å². The van der Waals surface area contributed by atoms with E-state index in [-0.39, 0.29) is 12.8 Å². The Kier molecular flexibility index (Phi) is 3.23. The molecule has 0 saturated heterocycles. The summed E-state index contributed by atoms with van der Waals surface area (Å²) >= 11 is 0. The summed E-state index contributed by atoms with van der Waals surface area (Å²) in [6, 6.07) is 5.26. The summed E-state index contributed by atoms with van der Waals surface area (Å²) < 4.78 is 10.3. The van der Waals surface area contributed by atoms with Gasteiger partial charge in [0.2, 0.25) is 13.0 Å². The molecule has 4 N–H and O–H groups in total. The third-order valence-electron chi connectivity index (χ3n) is 2.02. The number of nitrogens with zero attached hydrogens (tertiary/aromatic N) is 2. The zero-order valence-corrected chi connectivity index (χ0v) is 9.12. The molecule has 2 rings (SSSR count). The molecule has 94 valence electrons. The first-order chi connectivity index (χ1) is 8.65. The molecule has 0 aromatic heterocycles. The van der Waals surface area contributed by atoms with E-state index >= 15 is 0 Å². The second-order valence-electron chi connectivity index (χ2n) is 3.25. The Hall–Kier alpha value is -2.84. The Morgan fingerprint density at radius 2 is 2.33 bits per heavy atom. The molecule has 0 fully saturated rings. The van der Waals surface area contributed by atoms with E-state index in [1.807, 2.05) is 0 Å². The molecule has 0 radical (unpaired) electrons. The first-order valence-corrected chi connectivity index (χ1v) is 4.88. The van der Waals surface area contributed by atoms with Crippen molar-refractivity contribution in [2.24, 2.45) is 10.8 Å². The largest absolute Gasteiger partial charge is 0.454 e. The lowest BCUT2D eigenvalue weighted by atomic mass is 10.2. The third kappa shape index (κ3) is 2.84. The van der Waals surface area contributed by atoms with E-state index < -0.39 is 5.03 Å². The number of nitrogens with one attached hydrogen (secondary N) is 2. The van der Waals surface area contributed by atoms with Crippen molar-refractivity contribution in [1.82, 2.24) is 5.43 Å². The topological polar surface area (TPSA) is 126 Å². The second kappa shape index (κ2) is 4.99. The lowest BCUT2D eigenvalue weighted by molar-refractivity contribution is -0.528. The number of rotatable bonds is 3. The van der Waals surface area contributed by atoms with Gasteiger partial charge in [0.15, 0.2) is 16.5 Å². The van der Waals surface area contributed by atoms with E-state index in [0.717, 1.165) is 5.56 Å². The molecule has 1 aromatic rings. The SMILES string of the molecule is NC(=N/[NH+]=C/c1ccc2c(c1)OCO2)N[N+](=O)[O-]. The number of fused-ring (bicyclic) bond motifs is 1. The van der Waals surface area contributed by atoms with E-state index in [9.17, 15) is 10.1 Å². The molecule has 0 unspecified atom stereocenters. The summed E-state index contributed by atoms with van der Waals surface area (Å²) in [5, 5.41) is 15.2. The maximum Gasteiger partial charge on any atom is 0.319 e. The first-order valence-electron chi connectivity index (χ1n) is 4.88. The van der Waals surface area contributed by atoms with E-state index in [0.29, 0.717) is 11.5 Å². The number of benzene rings is 1. The van der Waals surface area contributed by atoms with Crippen LogP contribution < -0.4 is 25.7 Å². The molecule has 0 saturated carbocycles. The number of hydrazine groups is 1. The Morgan fingerprint density at radius 3 is 3.11 bits per heavy atom. The molecule has 0 bridgehead atoms. The molecule has 1 aromatic carbocycles. The van der Waals surface area contributed by atoms with Crippen LogP contribution in [0.2, 0.25) is 0 Å². The van der Waals surface area contributed by atoms with Crippen molar-refractivity contribution in [2.45, 2.75) is 0 Å². The van der Waals surface area contributed by atoms with E-state index in [2.05, 4.69) is 10.2 Å². The number of nitrogens with two attached hydrogens (primary N) is 1. The summed E-state index contributed by atoms with van der Waals surface area (Å²) in [6.07, 6.45) is 1.51. The molecule has 0 amide bonds. The van der Waals surface area contributed by atoms with Gasteiger partial charge in [0.1, 0.15) is 0 Å². The van der Waals surface area contributed by atoms with Crippen LogP contribution in [0.4, 0.5) is 0 Å². The van der Waals surface area contributed by atoms with Crippen molar-refractivity contribution < 1.29 is 19.6 Å². The van der Waals surface area contributed by atoms with Crippen LogP contribution in [0.25, 0.3) is 0 Å². The summed E-state index contributed by atoms with van der Waals surface area (Å²) in [7, 11) is 0. The highest BCUT2D eigenvalue weighted by Crippen LogP contribution is 2.31. The first kappa shape index (κ1) is 11.6. The van der Waals surface area contributed by atoms with Crippen LogP contribution >= 0.6 is 0 Å². The fourth-order valence-corrected chi connectivity index (χ4v) is 1.30. The molecule has 9 heteroatoms. The van der Waals surface area contributed by atoms with Crippen LogP contribution in [-0.4, -0.2) is 24.0 Å². The Morgan fingerprint density at radius 1 is 1.56 bits per heavy atom. The van der Waals surface area contributed by atoms with Gasteiger partial charge in [-0.2, -0.15) is 0 Å². The number of hydrogen-bond donors (Lipinski definition) is 3. The summed E-state index contributed by atoms with van der Waals surface area (Å²) in [6.45, 7) is 0.198. The minimum atomic E-state index is -0.804. The number of guanidine groups is 1. The minimum absolute atomic E-state index is 0.198. The predicted octanol–water partition coefficient (Wildman–Crippen LogP) is -2.07. The van der Waals surface area contributed by atoms with Crippen LogP contribution in [0.5, 0.6) is 11.5 Å². The Balaban J connectivity index is 2.03. The van der Waals surface area contributed by atoms with Gasteiger partial charge in [0, 0.05) is 10.7 Å². The van der Waals surface area contributed by atoms with Gasteiger partial charge in [-0.15, -0.1) is 5.10 Å². The summed E-state index contributed by atoms with van der Waals surface area (Å²) in [5.41, 5.74) is 7.65. The molecule has 0 atom stereocenters. The van der Waals surface area contributed by atoms with E-state index in [4.69, 9.17) is 15.2 Å². The zero-order valence-electron chi connectivity index (χ0n) is 9.12. The molecular formula is C9H10N5O4+. The van der Waals surface area contributed by atoms with Crippen molar-refractivity contribution in [3.05, 3.63) is 33.9 Å². The third-order valence-corrected chi connectivity index (χ3v) is 2.02. The fourth-order valence-electron chi connectivity index (χ4n) is 1.30. The average molecular weight is 252 g/mol. The average Bonchev–Trinajstić information content (AvgIpc) is 2.75. The molecule has 18 heavy (non-hydrogen) atoms. The zero-order chi connectivity index (χ0) is 13.0. The lowest BCUT2D eigenvalue weighted by Crippen LogP contribution is -2.64. The predicted molar refractivity (Wildman–Crippen MR) is 60.4 cm³/mol. The number of nitro groups is 1. The van der Waals surface area contributed by atoms with Gasteiger partial charge in [-0.25, -0.2) is 10.1 Å². The molecule has 0 spiro atoms. The van der Waals surface area contributed by atoms with Crippen LogP contribution in [-0.2, 0) is 0 Å². The monoisotopic (exact) mass is 252 g/mol. The van der Waals surface area contributed by atoms with Gasteiger partial charge in [-0.05, 0) is 18.2 Å². The highest BCUT2D eigenvalue weighted by molar-refractivity contribution is 5.78. The summed E-state index contributed by atoms with van der Waals surface area (Å²) in [4.78, 5) is 10.0. The number of hydrazone groups is 1. The van der Waals surface area contributed by atoms with Crippen molar-refractivity contribution in [2.75, 3.05) is 6.79 Å². The molecule has 1 heterocycles. The van der Waals surface area contributed by atoms with Crippen molar-refractivity contribution in [1.29, 1.82) is 0 Å². The molecule has 1 aliphatic rings. The standard InChI is InChI=1S/C9H9N5O4/c10-9(13-14(15)16)12-11-4-6-1-2-7-8(3-6)18-5-17-7/h1-4H,5H2,(H3,10,12,13)/p+1/b11-4+. The van der Waals surface area contributed by atoms with Gasteiger partial charge in [-0.1, -0.05) is 5.43 Å². The van der Waals surface area contributed by atoms with Crippen molar-refractivity contribution in [3.8, 4) is 11.5 Å². The maximum atomic E-state index is 10.0. The van der Waals surface area contributed by atoms with Gasteiger partial charge in [0.25, 0.3) is 0 Å². The van der Waals surface area contributed by atoms with Gasteiger partial charge < -0.3 is 15.2 Å². The van der Waals surface area contributed by atoms with Crippen molar-refractivity contribution in [3.63, 3.8) is 0 Å². The summed E-state index contributed by atoms with van der Waals surface area (Å²) in [5.74, 6) is 0.952. The lowest BCUT2D eigenvalue weighted by Gasteiger charge is -1.94. The van der Waals surface area contributed by atoms with Crippen LogP contribution in [0.3, 0.4) is 0 Å². The molecule has 9 nitrogen and oxygen atoms in total. The number of ether oxygens (including phenoxy) is 2. The van der Waals surface area contributed by atoms with Gasteiger partial charge in [0.05, 0.1) is 0 Å². The van der Waals surface area contributed by atoms with E-state index in [1.165, 1.54) is 6.21 Å². The highest BCUT2D eigenvalue weighted by Gasteiger charge is 2.13. The quantitative estimate of drug-likeness (QED) is 0.245. The van der Waals surface area contributed by atoms with Crippen LogP contribution in [0, 0.1) is 10.1 Å². The van der Waals surface area contributed by atoms with Crippen molar-refractivity contribution >= 4 is 12.2 Å². The molecular weight excluding hydrogens is 242 g/mol. The Bertz CT molecular complexity index is 528. The smallest absolute Gasteiger partial charge is 0.319 e. The highest BCUT2D eigenvalue weighted by atomic mass is 16.7. The minimum Gasteiger partial charge on any atom is -0.454 e. The fraction of sp³-hybridized carbons (Fsp3) is 0.111. The normalized spacial score (nSPS) is 13.9. The maximum absolute atomic E-state index is 10.0. The van der Waals surface area contributed by atoms with Crippen LogP contribution in [0.1, 0.15) is 5.56 Å².